The van der Waals surface area contributed by atoms with Crippen molar-refractivity contribution < 1.29 is 23.9 Å². The lowest BCUT2D eigenvalue weighted by atomic mass is 10.2. The summed E-state index contributed by atoms with van der Waals surface area (Å²) < 4.78 is 16.1. The highest BCUT2D eigenvalue weighted by molar-refractivity contribution is 5.95. The van der Waals surface area contributed by atoms with Crippen LogP contribution in [0.25, 0.3) is 0 Å². The Labute approximate surface area is 184 Å². The van der Waals surface area contributed by atoms with Gasteiger partial charge in [0.05, 0.1) is 25.4 Å². The van der Waals surface area contributed by atoms with Gasteiger partial charge < -0.3 is 14.2 Å². The molecule has 0 aliphatic carbocycles. The molecule has 0 aromatic heterocycles. The van der Waals surface area contributed by atoms with Crippen molar-refractivity contribution >= 4 is 17.8 Å². The van der Waals surface area contributed by atoms with Gasteiger partial charge in [0.1, 0.15) is 12.4 Å². The minimum atomic E-state index is -0.447. The molecule has 0 spiro atoms. The first-order valence-electron chi connectivity index (χ1n) is 9.52. The van der Waals surface area contributed by atoms with Gasteiger partial charge in [-0.25, -0.2) is 5.43 Å². The van der Waals surface area contributed by atoms with Crippen molar-refractivity contribution in [2.45, 2.75) is 6.61 Å². The molecule has 0 saturated heterocycles. The molecule has 1 N–H and O–H groups in total. The van der Waals surface area contributed by atoms with Gasteiger partial charge in [-0.15, -0.1) is 0 Å². The maximum atomic E-state index is 12.3. The quantitative estimate of drug-likeness (QED) is 0.309. The predicted molar refractivity (Wildman–Crippen MR) is 118 cm³/mol. The van der Waals surface area contributed by atoms with E-state index in [0.717, 1.165) is 11.1 Å². The Morgan fingerprint density at radius 1 is 1.03 bits per heavy atom. The normalized spacial score (nSPS) is 10.6. The van der Waals surface area contributed by atoms with E-state index in [-0.39, 0.29) is 12.3 Å². The lowest BCUT2D eigenvalue weighted by Crippen LogP contribution is -2.17. The summed E-state index contributed by atoms with van der Waals surface area (Å²) in [6.07, 6.45) is 1.50. The van der Waals surface area contributed by atoms with E-state index >= 15 is 0 Å². The van der Waals surface area contributed by atoms with Crippen LogP contribution in [0.1, 0.15) is 21.5 Å². The van der Waals surface area contributed by atoms with E-state index in [9.17, 15) is 14.9 Å². The number of rotatable bonds is 9. The van der Waals surface area contributed by atoms with Crippen molar-refractivity contribution in [3.63, 3.8) is 0 Å². The Bertz CT molecular complexity index is 1130. The molecule has 0 aliphatic heterocycles. The van der Waals surface area contributed by atoms with Crippen molar-refractivity contribution in [3.05, 3.63) is 93.5 Å². The molecule has 9 nitrogen and oxygen atoms in total. The highest BCUT2D eigenvalue weighted by atomic mass is 16.6. The molecule has 1 amide bonds. The number of hydrogen-bond donors (Lipinski definition) is 1. The van der Waals surface area contributed by atoms with Gasteiger partial charge in [-0.05, 0) is 53.6 Å². The van der Waals surface area contributed by atoms with Gasteiger partial charge >= 0.3 is 0 Å². The summed E-state index contributed by atoms with van der Waals surface area (Å²) in [5.41, 5.74) is 4.39. The van der Waals surface area contributed by atoms with Crippen LogP contribution in [0.4, 0.5) is 5.69 Å². The number of methoxy groups -OCH3 is 2. The first-order valence-corrected chi connectivity index (χ1v) is 9.52. The molecule has 9 heteroatoms. The molecule has 0 unspecified atom stereocenters. The molecule has 0 aliphatic rings. The molecule has 32 heavy (non-hydrogen) atoms. The Hall–Kier alpha value is -4.40. The molecule has 3 aromatic rings. The van der Waals surface area contributed by atoms with Gasteiger partial charge in [0, 0.05) is 17.7 Å². The highest BCUT2D eigenvalue weighted by Crippen LogP contribution is 2.27. The van der Waals surface area contributed by atoms with Crippen LogP contribution in [0, 0.1) is 10.1 Å². The Morgan fingerprint density at radius 2 is 1.78 bits per heavy atom. The maximum Gasteiger partial charge on any atom is 0.271 e. The summed E-state index contributed by atoms with van der Waals surface area (Å²) >= 11 is 0. The maximum absolute atomic E-state index is 12.3. The zero-order valence-corrected chi connectivity index (χ0v) is 17.5. The number of benzene rings is 3. The van der Waals surface area contributed by atoms with E-state index in [1.54, 1.807) is 48.5 Å². The number of ether oxygens (including phenoxy) is 3. The molecule has 0 atom stereocenters. The van der Waals surface area contributed by atoms with Crippen LogP contribution >= 0.6 is 0 Å². The SMILES string of the molecule is COc1ccc(C(=O)N/N=C/c2cccc(OCc3ccc([N+](=O)[O-])cc3)c2)cc1OC. The second-order valence-corrected chi connectivity index (χ2v) is 6.55. The van der Waals surface area contributed by atoms with Crippen LogP contribution in [0.3, 0.4) is 0 Å². The van der Waals surface area contributed by atoms with E-state index in [1.165, 1.54) is 32.6 Å². The smallest absolute Gasteiger partial charge is 0.271 e. The van der Waals surface area contributed by atoms with Gasteiger partial charge in [-0.2, -0.15) is 5.10 Å². The molecular formula is C23H21N3O6. The van der Waals surface area contributed by atoms with Crippen LogP contribution in [-0.2, 0) is 6.61 Å². The van der Waals surface area contributed by atoms with Crippen LogP contribution in [0.5, 0.6) is 17.2 Å². The third kappa shape index (κ3) is 5.82. The van der Waals surface area contributed by atoms with Crippen LogP contribution in [0.15, 0.2) is 71.8 Å². The minimum absolute atomic E-state index is 0.0297. The average molecular weight is 435 g/mol. The second kappa shape index (κ2) is 10.6. The number of non-ortho nitro benzene ring substituents is 1. The van der Waals surface area contributed by atoms with E-state index in [4.69, 9.17) is 14.2 Å². The van der Waals surface area contributed by atoms with Crippen molar-refractivity contribution in [1.82, 2.24) is 5.43 Å². The van der Waals surface area contributed by atoms with Crippen molar-refractivity contribution in [2.24, 2.45) is 5.10 Å². The predicted octanol–water partition coefficient (Wildman–Crippen LogP) is 3.95. The number of nitrogens with one attached hydrogen (secondary N) is 1. The topological polar surface area (TPSA) is 112 Å². The van der Waals surface area contributed by atoms with Crippen molar-refractivity contribution in [1.29, 1.82) is 0 Å². The van der Waals surface area contributed by atoms with Crippen molar-refractivity contribution in [2.75, 3.05) is 14.2 Å². The Morgan fingerprint density at radius 3 is 2.47 bits per heavy atom. The van der Waals surface area contributed by atoms with E-state index in [0.29, 0.717) is 22.8 Å². The van der Waals surface area contributed by atoms with Gasteiger partial charge in [0.25, 0.3) is 11.6 Å². The van der Waals surface area contributed by atoms with Crippen LogP contribution in [0.2, 0.25) is 0 Å². The number of carbonyl (C=O) groups excluding carboxylic acids is 1. The lowest BCUT2D eigenvalue weighted by Gasteiger charge is -2.08. The zero-order chi connectivity index (χ0) is 22.9. The second-order valence-electron chi connectivity index (χ2n) is 6.55. The highest BCUT2D eigenvalue weighted by Gasteiger charge is 2.10. The van der Waals surface area contributed by atoms with Gasteiger partial charge in [-0.3, -0.25) is 14.9 Å². The summed E-state index contributed by atoms with van der Waals surface area (Å²) in [4.78, 5) is 22.6. The van der Waals surface area contributed by atoms with Crippen molar-refractivity contribution in [3.8, 4) is 17.2 Å². The van der Waals surface area contributed by atoms with E-state index in [1.807, 2.05) is 6.07 Å². The summed E-state index contributed by atoms with van der Waals surface area (Å²) in [5, 5.41) is 14.7. The molecule has 3 rings (SSSR count). The first kappa shape index (κ1) is 22.3. The zero-order valence-electron chi connectivity index (χ0n) is 17.5. The minimum Gasteiger partial charge on any atom is -0.493 e. The van der Waals surface area contributed by atoms with Gasteiger partial charge in [-0.1, -0.05) is 12.1 Å². The summed E-state index contributed by atoms with van der Waals surface area (Å²) in [6, 6.07) is 18.1. The largest absolute Gasteiger partial charge is 0.493 e. The number of nitrogens with zero attached hydrogens (tertiary/aromatic N) is 2. The fraction of sp³-hybridized carbons (Fsp3) is 0.130. The molecular weight excluding hydrogens is 414 g/mol. The van der Waals surface area contributed by atoms with E-state index in [2.05, 4.69) is 10.5 Å². The number of amides is 1. The summed E-state index contributed by atoms with van der Waals surface area (Å²) in [6.45, 7) is 0.259. The van der Waals surface area contributed by atoms with Gasteiger partial charge in [0.2, 0.25) is 0 Å². The Balaban J connectivity index is 1.58. The fourth-order valence-electron chi connectivity index (χ4n) is 2.77. The number of nitro groups is 1. The number of carbonyl (C=O) groups is 1. The van der Waals surface area contributed by atoms with Crippen LogP contribution in [-0.4, -0.2) is 31.3 Å². The Kier molecular flexibility index (Phi) is 7.37. The average Bonchev–Trinajstić information content (AvgIpc) is 2.82. The van der Waals surface area contributed by atoms with E-state index < -0.39 is 10.8 Å². The first-order chi connectivity index (χ1) is 15.5. The monoisotopic (exact) mass is 435 g/mol. The molecule has 0 radical (unpaired) electrons. The standard InChI is InChI=1S/C23H21N3O6/c1-30-21-11-8-18(13-22(21)31-2)23(27)25-24-14-17-4-3-5-20(12-17)32-15-16-6-9-19(10-7-16)26(28)29/h3-14H,15H2,1-2H3,(H,25,27)/b24-14+. The molecule has 3 aromatic carbocycles. The molecule has 0 saturated carbocycles. The molecule has 0 heterocycles. The number of nitro benzene ring substituents is 1. The number of hydrazone groups is 1. The molecule has 0 fully saturated rings. The van der Waals surface area contributed by atoms with Crippen LogP contribution < -0.4 is 19.6 Å². The number of hydrogen-bond acceptors (Lipinski definition) is 7. The van der Waals surface area contributed by atoms with Gasteiger partial charge in [0.15, 0.2) is 11.5 Å². The molecule has 164 valence electrons. The lowest BCUT2D eigenvalue weighted by molar-refractivity contribution is -0.384. The third-order valence-corrected chi connectivity index (χ3v) is 4.44. The fourth-order valence-corrected chi connectivity index (χ4v) is 2.77. The third-order valence-electron chi connectivity index (χ3n) is 4.44. The summed E-state index contributed by atoms with van der Waals surface area (Å²) in [7, 11) is 3.01. The summed E-state index contributed by atoms with van der Waals surface area (Å²) in [5.74, 6) is 1.17. The molecule has 0 bridgehead atoms.